The smallest absolute Gasteiger partial charge is 0.0373 e. The minimum atomic E-state index is 0.422. The van der Waals surface area contributed by atoms with Crippen LogP contribution in [0, 0.1) is 13.8 Å². The Morgan fingerprint density at radius 1 is 1.22 bits per heavy atom. The molecule has 0 aliphatic carbocycles. The molecule has 96 valence electrons. The van der Waals surface area contributed by atoms with Gasteiger partial charge in [0.25, 0.3) is 0 Å². The summed E-state index contributed by atoms with van der Waals surface area (Å²) in [6.45, 7) is 6.45. The number of nitrogen functional groups attached to an aromatic ring is 1. The van der Waals surface area contributed by atoms with Crippen molar-refractivity contribution in [2.45, 2.75) is 33.2 Å². The van der Waals surface area contributed by atoms with Crippen molar-refractivity contribution in [1.29, 1.82) is 0 Å². The van der Waals surface area contributed by atoms with Crippen molar-refractivity contribution in [2.75, 3.05) is 11.1 Å². The van der Waals surface area contributed by atoms with Crippen LogP contribution in [0.3, 0.4) is 0 Å². The average Bonchev–Trinajstić information content (AvgIpc) is 2.68. The van der Waals surface area contributed by atoms with Gasteiger partial charge in [-0.3, -0.25) is 0 Å². The fourth-order valence-electron chi connectivity index (χ4n) is 2.06. The molecule has 1 heterocycles. The second-order valence-corrected chi connectivity index (χ2v) is 6.21. The summed E-state index contributed by atoms with van der Waals surface area (Å²) in [6, 6.07) is 10.8. The molecule has 1 aromatic carbocycles. The van der Waals surface area contributed by atoms with E-state index in [4.69, 9.17) is 5.73 Å². The largest absolute Gasteiger partial charge is 0.399 e. The van der Waals surface area contributed by atoms with Crippen molar-refractivity contribution in [3.05, 3.63) is 45.6 Å². The normalized spacial score (nSPS) is 12.4. The number of benzene rings is 1. The summed E-state index contributed by atoms with van der Waals surface area (Å²) in [6.07, 6.45) is 1.06. The molecule has 0 saturated heterocycles. The fraction of sp³-hybridized carbons (Fsp3) is 0.333. The Morgan fingerprint density at radius 3 is 2.61 bits per heavy atom. The van der Waals surface area contributed by atoms with Crippen molar-refractivity contribution in [2.24, 2.45) is 0 Å². The van der Waals surface area contributed by atoms with Gasteiger partial charge in [0.2, 0.25) is 0 Å². The van der Waals surface area contributed by atoms with Crippen LogP contribution in [0.25, 0.3) is 0 Å². The molecular weight excluding hydrogens is 240 g/mol. The lowest BCUT2D eigenvalue weighted by molar-refractivity contribution is 0.799. The predicted octanol–water partition coefficient (Wildman–Crippen LogP) is 3.99. The summed E-state index contributed by atoms with van der Waals surface area (Å²) in [5.74, 6) is 0. The van der Waals surface area contributed by atoms with Crippen LogP contribution in [0.2, 0.25) is 0 Å². The van der Waals surface area contributed by atoms with Crippen molar-refractivity contribution in [3.63, 3.8) is 0 Å². The molecule has 0 amide bonds. The first-order chi connectivity index (χ1) is 8.54. The van der Waals surface area contributed by atoms with Crippen LogP contribution in [0.4, 0.5) is 11.4 Å². The average molecular weight is 260 g/mol. The molecule has 0 saturated carbocycles. The summed E-state index contributed by atoms with van der Waals surface area (Å²) >= 11 is 1.87. The van der Waals surface area contributed by atoms with Gasteiger partial charge in [-0.1, -0.05) is 0 Å². The van der Waals surface area contributed by atoms with Crippen LogP contribution in [-0.4, -0.2) is 6.04 Å². The quantitative estimate of drug-likeness (QED) is 0.816. The van der Waals surface area contributed by atoms with Crippen molar-refractivity contribution >= 4 is 22.7 Å². The Morgan fingerprint density at radius 2 is 2.00 bits per heavy atom. The first-order valence-corrected chi connectivity index (χ1v) is 7.04. The van der Waals surface area contributed by atoms with Crippen molar-refractivity contribution < 1.29 is 0 Å². The van der Waals surface area contributed by atoms with E-state index in [-0.39, 0.29) is 0 Å². The predicted molar refractivity (Wildman–Crippen MR) is 81.4 cm³/mol. The minimum absolute atomic E-state index is 0.422. The first-order valence-electron chi connectivity index (χ1n) is 6.22. The van der Waals surface area contributed by atoms with Crippen LogP contribution in [0.1, 0.15) is 22.2 Å². The molecule has 2 nitrogen and oxygen atoms in total. The number of aryl methyl sites for hydroxylation is 2. The molecule has 1 aromatic heterocycles. The highest BCUT2D eigenvalue weighted by atomic mass is 32.1. The van der Waals surface area contributed by atoms with E-state index in [1.807, 2.05) is 23.5 Å². The topological polar surface area (TPSA) is 38.0 Å². The maximum absolute atomic E-state index is 5.76. The van der Waals surface area contributed by atoms with Crippen molar-refractivity contribution in [1.82, 2.24) is 0 Å². The second kappa shape index (κ2) is 5.44. The summed E-state index contributed by atoms with van der Waals surface area (Å²) in [5, 5.41) is 3.55. The lowest BCUT2D eigenvalue weighted by Gasteiger charge is -2.16. The lowest BCUT2D eigenvalue weighted by Crippen LogP contribution is -2.18. The third-order valence-corrected chi connectivity index (χ3v) is 3.98. The highest BCUT2D eigenvalue weighted by Crippen LogP contribution is 2.21. The standard InChI is InChI=1S/C15H20N2S/c1-10-8-13(16)5-7-15(10)17-11(2)9-14-6-4-12(3)18-14/h4-8,11,17H,9,16H2,1-3H3. The Labute approximate surface area is 113 Å². The van der Waals surface area contributed by atoms with Gasteiger partial charge in [0.1, 0.15) is 0 Å². The number of nitrogens with one attached hydrogen (secondary N) is 1. The third kappa shape index (κ3) is 3.26. The molecule has 18 heavy (non-hydrogen) atoms. The third-order valence-electron chi connectivity index (χ3n) is 2.96. The second-order valence-electron chi connectivity index (χ2n) is 4.84. The monoisotopic (exact) mass is 260 g/mol. The van der Waals surface area contributed by atoms with Gasteiger partial charge in [0, 0.05) is 33.6 Å². The van der Waals surface area contributed by atoms with E-state index in [0.717, 1.165) is 12.1 Å². The molecule has 0 fully saturated rings. The molecule has 0 spiro atoms. The Hall–Kier alpha value is -1.48. The Kier molecular flexibility index (Phi) is 3.92. The number of hydrogen-bond acceptors (Lipinski definition) is 3. The van der Waals surface area contributed by atoms with Crippen LogP contribution >= 0.6 is 11.3 Å². The number of anilines is 2. The van der Waals surface area contributed by atoms with Gasteiger partial charge < -0.3 is 11.1 Å². The van der Waals surface area contributed by atoms with Gasteiger partial charge in [0.05, 0.1) is 0 Å². The highest BCUT2D eigenvalue weighted by molar-refractivity contribution is 7.11. The molecule has 3 N–H and O–H groups in total. The summed E-state index contributed by atoms with van der Waals surface area (Å²) < 4.78 is 0. The molecule has 0 aliphatic rings. The SMILES string of the molecule is Cc1ccc(CC(C)Nc2ccc(N)cc2C)s1. The molecule has 0 aliphatic heterocycles. The van der Waals surface area contributed by atoms with Gasteiger partial charge in [-0.05, 0) is 56.7 Å². The van der Waals surface area contributed by atoms with Crippen molar-refractivity contribution in [3.8, 4) is 0 Å². The molecule has 2 aromatic rings. The summed E-state index contributed by atoms with van der Waals surface area (Å²) in [4.78, 5) is 2.81. The van der Waals surface area contributed by atoms with Gasteiger partial charge >= 0.3 is 0 Å². The summed E-state index contributed by atoms with van der Waals surface area (Å²) in [7, 11) is 0. The van der Waals surface area contributed by atoms with E-state index in [1.54, 1.807) is 0 Å². The lowest BCUT2D eigenvalue weighted by atomic mass is 10.1. The van der Waals surface area contributed by atoms with Crippen LogP contribution in [0.15, 0.2) is 30.3 Å². The van der Waals surface area contributed by atoms with E-state index >= 15 is 0 Å². The van der Waals surface area contributed by atoms with Gasteiger partial charge in [-0.15, -0.1) is 11.3 Å². The number of hydrogen-bond donors (Lipinski definition) is 2. The molecule has 3 heteroatoms. The summed E-state index contributed by atoms with van der Waals surface area (Å²) in [5.41, 5.74) is 8.95. The zero-order valence-corrected chi connectivity index (χ0v) is 12.0. The zero-order chi connectivity index (χ0) is 13.1. The molecule has 0 radical (unpaired) electrons. The van der Waals surface area contributed by atoms with Crippen LogP contribution in [-0.2, 0) is 6.42 Å². The van der Waals surface area contributed by atoms with Gasteiger partial charge in [0.15, 0.2) is 0 Å². The Bertz CT molecular complexity index is 531. The maximum atomic E-state index is 5.76. The molecular formula is C15H20N2S. The van der Waals surface area contributed by atoms with Gasteiger partial charge in [-0.25, -0.2) is 0 Å². The molecule has 1 atom stereocenters. The van der Waals surface area contributed by atoms with E-state index in [2.05, 4.69) is 44.3 Å². The fourth-order valence-corrected chi connectivity index (χ4v) is 3.08. The van der Waals surface area contributed by atoms with E-state index < -0.39 is 0 Å². The number of nitrogens with two attached hydrogens (primary N) is 1. The number of thiophene rings is 1. The van der Waals surface area contributed by atoms with Gasteiger partial charge in [-0.2, -0.15) is 0 Å². The van der Waals surface area contributed by atoms with E-state index in [0.29, 0.717) is 6.04 Å². The van der Waals surface area contributed by atoms with E-state index in [9.17, 15) is 0 Å². The molecule has 2 rings (SSSR count). The van der Waals surface area contributed by atoms with Crippen LogP contribution < -0.4 is 11.1 Å². The molecule has 1 unspecified atom stereocenters. The highest BCUT2D eigenvalue weighted by Gasteiger charge is 2.07. The minimum Gasteiger partial charge on any atom is -0.399 e. The zero-order valence-electron chi connectivity index (χ0n) is 11.2. The first kappa shape index (κ1) is 13.0. The molecule has 0 bridgehead atoms. The maximum Gasteiger partial charge on any atom is 0.0373 e. The van der Waals surface area contributed by atoms with E-state index in [1.165, 1.54) is 21.0 Å². The number of rotatable bonds is 4. The van der Waals surface area contributed by atoms with Crippen LogP contribution in [0.5, 0.6) is 0 Å². The Balaban J connectivity index is 2.00.